The van der Waals surface area contributed by atoms with Crippen molar-refractivity contribution in [3.63, 3.8) is 0 Å². The number of nitrogens with two attached hydrogens (primary N) is 1. The summed E-state index contributed by atoms with van der Waals surface area (Å²) >= 11 is 0. The third-order valence-electron chi connectivity index (χ3n) is 2.83. The van der Waals surface area contributed by atoms with Crippen molar-refractivity contribution in [2.75, 3.05) is 12.5 Å². The van der Waals surface area contributed by atoms with Crippen molar-refractivity contribution in [3.8, 4) is 5.88 Å². The first-order valence-electron chi connectivity index (χ1n) is 5.91. The molecule has 9 heteroatoms. The molecule has 110 valence electrons. The van der Waals surface area contributed by atoms with Crippen LogP contribution in [0, 0.1) is 10.1 Å². The van der Waals surface area contributed by atoms with Gasteiger partial charge in [-0.2, -0.15) is 0 Å². The number of nitrogen functional groups attached to an aromatic ring is 1. The highest BCUT2D eigenvalue weighted by Gasteiger charge is 2.12. The molecule has 2 aromatic rings. The fraction of sp³-hybridized carbons (Fsp3) is 0.167. The van der Waals surface area contributed by atoms with E-state index in [-0.39, 0.29) is 23.7 Å². The molecule has 0 saturated carbocycles. The Bertz CT molecular complexity index is 728. The van der Waals surface area contributed by atoms with Gasteiger partial charge in [0, 0.05) is 29.8 Å². The Labute approximate surface area is 119 Å². The number of nitrogens with one attached hydrogen (secondary N) is 1. The minimum atomic E-state index is -0.522. The zero-order valence-corrected chi connectivity index (χ0v) is 11.1. The second-order valence-electron chi connectivity index (χ2n) is 4.11. The lowest BCUT2D eigenvalue weighted by molar-refractivity contribution is -0.384. The summed E-state index contributed by atoms with van der Waals surface area (Å²) in [5.41, 5.74) is 2.92. The van der Waals surface area contributed by atoms with Crippen molar-refractivity contribution < 1.29 is 9.66 Å². The SMILES string of the molecule is COc1ccc(=O)n(Cc2cc([N+](=O)[O-])ccc2NN)n1. The van der Waals surface area contributed by atoms with Crippen LogP contribution in [-0.4, -0.2) is 21.8 Å². The van der Waals surface area contributed by atoms with E-state index in [1.807, 2.05) is 0 Å². The first-order valence-corrected chi connectivity index (χ1v) is 5.91. The third kappa shape index (κ3) is 3.15. The monoisotopic (exact) mass is 291 g/mol. The third-order valence-corrected chi connectivity index (χ3v) is 2.83. The van der Waals surface area contributed by atoms with Gasteiger partial charge in [-0.1, -0.05) is 0 Å². The van der Waals surface area contributed by atoms with Gasteiger partial charge in [0.1, 0.15) is 0 Å². The number of benzene rings is 1. The number of methoxy groups -OCH3 is 1. The maximum atomic E-state index is 11.8. The summed E-state index contributed by atoms with van der Waals surface area (Å²) in [6.45, 7) is 0.0250. The molecule has 1 heterocycles. The van der Waals surface area contributed by atoms with E-state index in [0.29, 0.717) is 11.3 Å². The smallest absolute Gasteiger partial charge is 0.269 e. The molecule has 2 rings (SSSR count). The second kappa shape index (κ2) is 6.01. The fourth-order valence-corrected chi connectivity index (χ4v) is 1.78. The molecule has 0 aliphatic carbocycles. The molecule has 0 aliphatic heterocycles. The van der Waals surface area contributed by atoms with Crippen LogP contribution < -0.4 is 21.6 Å². The molecule has 0 atom stereocenters. The number of non-ortho nitro benzene ring substituents is 1. The normalized spacial score (nSPS) is 10.2. The summed E-state index contributed by atoms with van der Waals surface area (Å²) in [5.74, 6) is 5.64. The fourth-order valence-electron chi connectivity index (χ4n) is 1.78. The van der Waals surface area contributed by atoms with E-state index in [0.717, 1.165) is 4.68 Å². The predicted octanol–water partition coefficient (Wildman–Crippen LogP) is 0.494. The Morgan fingerprint density at radius 3 is 2.81 bits per heavy atom. The first kappa shape index (κ1) is 14.5. The molecule has 0 bridgehead atoms. The highest BCUT2D eigenvalue weighted by atomic mass is 16.6. The van der Waals surface area contributed by atoms with Gasteiger partial charge in [-0.15, -0.1) is 5.10 Å². The number of aromatic nitrogens is 2. The van der Waals surface area contributed by atoms with Crippen LogP contribution in [0.25, 0.3) is 0 Å². The highest BCUT2D eigenvalue weighted by Crippen LogP contribution is 2.22. The molecular weight excluding hydrogens is 278 g/mol. The number of nitro benzene ring substituents is 1. The molecule has 0 radical (unpaired) electrons. The van der Waals surface area contributed by atoms with Gasteiger partial charge in [0.2, 0.25) is 5.88 Å². The van der Waals surface area contributed by atoms with Crippen LogP contribution in [0.5, 0.6) is 5.88 Å². The molecule has 0 fully saturated rings. The van der Waals surface area contributed by atoms with Crippen molar-refractivity contribution in [2.24, 2.45) is 5.84 Å². The Morgan fingerprint density at radius 2 is 2.19 bits per heavy atom. The average molecular weight is 291 g/mol. The summed E-state index contributed by atoms with van der Waals surface area (Å²) in [6, 6.07) is 6.87. The van der Waals surface area contributed by atoms with E-state index >= 15 is 0 Å². The van der Waals surface area contributed by atoms with Crippen molar-refractivity contribution in [3.05, 3.63) is 56.4 Å². The maximum absolute atomic E-state index is 11.8. The molecular formula is C12H13N5O4. The van der Waals surface area contributed by atoms with Gasteiger partial charge in [0.05, 0.1) is 24.3 Å². The summed E-state index contributed by atoms with van der Waals surface area (Å²) in [6.07, 6.45) is 0. The molecule has 0 amide bonds. The number of hydrogen-bond donors (Lipinski definition) is 2. The minimum Gasteiger partial charge on any atom is -0.480 e. The van der Waals surface area contributed by atoms with Gasteiger partial charge in [0.15, 0.2) is 0 Å². The standard InChI is InChI=1S/C12H13N5O4/c1-21-11-4-5-12(18)16(15-11)7-8-6-9(17(19)20)2-3-10(8)14-13/h2-6,14H,7,13H2,1H3. The zero-order chi connectivity index (χ0) is 15.4. The molecule has 3 N–H and O–H groups in total. The Kier molecular flexibility index (Phi) is 4.14. The van der Waals surface area contributed by atoms with E-state index in [9.17, 15) is 14.9 Å². The molecule has 1 aromatic carbocycles. The van der Waals surface area contributed by atoms with Crippen LogP contribution in [0.15, 0.2) is 35.1 Å². The van der Waals surface area contributed by atoms with E-state index in [2.05, 4.69) is 10.5 Å². The zero-order valence-electron chi connectivity index (χ0n) is 11.1. The van der Waals surface area contributed by atoms with E-state index in [1.165, 1.54) is 37.4 Å². The number of hydrazine groups is 1. The van der Waals surface area contributed by atoms with E-state index in [4.69, 9.17) is 10.6 Å². The molecule has 0 spiro atoms. The number of nitrogens with zero attached hydrogens (tertiary/aromatic N) is 3. The number of anilines is 1. The molecule has 21 heavy (non-hydrogen) atoms. The molecule has 9 nitrogen and oxygen atoms in total. The van der Waals surface area contributed by atoms with Crippen molar-refractivity contribution >= 4 is 11.4 Å². The minimum absolute atomic E-state index is 0.0250. The first-order chi connectivity index (χ1) is 10.0. The number of nitro groups is 1. The number of hydrogen-bond acceptors (Lipinski definition) is 7. The Morgan fingerprint density at radius 1 is 1.43 bits per heavy atom. The topological polar surface area (TPSA) is 125 Å². The van der Waals surface area contributed by atoms with Crippen LogP contribution in [0.3, 0.4) is 0 Å². The molecule has 1 aromatic heterocycles. The quantitative estimate of drug-likeness (QED) is 0.466. The van der Waals surface area contributed by atoms with Crippen LogP contribution in [0.1, 0.15) is 5.56 Å². The van der Waals surface area contributed by atoms with E-state index in [1.54, 1.807) is 0 Å². The predicted molar refractivity (Wildman–Crippen MR) is 75.1 cm³/mol. The van der Waals surface area contributed by atoms with Crippen LogP contribution in [0.2, 0.25) is 0 Å². The van der Waals surface area contributed by atoms with Crippen molar-refractivity contribution in [1.82, 2.24) is 9.78 Å². The van der Waals surface area contributed by atoms with Gasteiger partial charge in [-0.25, -0.2) is 4.68 Å². The summed E-state index contributed by atoms with van der Waals surface area (Å²) < 4.78 is 6.08. The summed E-state index contributed by atoms with van der Waals surface area (Å²) in [5, 5.41) is 14.8. The highest BCUT2D eigenvalue weighted by molar-refractivity contribution is 5.55. The van der Waals surface area contributed by atoms with Crippen LogP contribution in [0.4, 0.5) is 11.4 Å². The Balaban J connectivity index is 2.44. The van der Waals surface area contributed by atoms with Gasteiger partial charge in [0.25, 0.3) is 11.2 Å². The van der Waals surface area contributed by atoms with Crippen LogP contribution >= 0.6 is 0 Å². The largest absolute Gasteiger partial charge is 0.480 e. The molecule has 0 saturated heterocycles. The second-order valence-corrected chi connectivity index (χ2v) is 4.11. The lowest BCUT2D eigenvalue weighted by atomic mass is 10.1. The average Bonchev–Trinajstić information content (AvgIpc) is 2.49. The number of ether oxygens (including phenoxy) is 1. The van der Waals surface area contributed by atoms with Gasteiger partial charge >= 0.3 is 0 Å². The lowest BCUT2D eigenvalue weighted by Gasteiger charge is -2.10. The van der Waals surface area contributed by atoms with E-state index < -0.39 is 4.92 Å². The van der Waals surface area contributed by atoms with Crippen molar-refractivity contribution in [1.29, 1.82) is 0 Å². The van der Waals surface area contributed by atoms with Crippen LogP contribution in [-0.2, 0) is 6.54 Å². The summed E-state index contributed by atoms with van der Waals surface area (Å²) in [4.78, 5) is 22.1. The number of rotatable bonds is 5. The van der Waals surface area contributed by atoms with Gasteiger partial charge in [-0.05, 0) is 6.07 Å². The van der Waals surface area contributed by atoms with Crippen molar-refractivity contribution in [2.45, 2.75) is 6.54 Å². The maximum Gasteiger partial charge on any atom is 0.269 e. The summed E-state index contributed by atoms with van der Waals surface area (Å²) in [7, 11) is 1.43. The molecule has 0 unspecified atom stereocenters. The lowest BCUT2D eigenvalue weighted by Crippen LogP contribution is -2.23. The Hall–Kier alpha value is -2.94. The van der Waals surface area contributed by atoms with Gasteiger partial charge < -0.3 is 10.2 Å². The van der Waals surface area contributed by atoms with Gasteiger partial charge in [-0.3, -0.25) is 20.8 Å². The molecule has 0 aliphatic rings.